The second kappa shape index (κ2) is 7.55. The first-order chi connectivity index (χ1) is 14.3. The lowest BCUT2D eigenvalue weighted by Crippen LogP contribution is -2.04. The fourth-order valence-electron chi connectivity index (χ4n) is 3.00. The second-order valence-corrected chi connectivity index (χ2v) is 6.70. The summed E-state index contributed by atoms with van der Waals surface area (Å²) in [6.07, 6.45) is -1.12. The van der Waals surface area contributed by atoms with Gasteiger partial charge in [0.25, 0.3) is 0 Å². The topological polar surface area (TPSA) is 77.6 Å². The summed E-state index contributed by atoms with van der Waals surface area (Å²) in [5, 5.41) is 0. The van der Waals surface area contributed by atoms with Crippen molar-refractivity contribution in [1.29, 1.82) is 0 Å². The average Bonchev–Trinajstić information content (AvgIpc) is 2.73. The summed E-state index contributed by atoms with van der Waals surface area (Å²) < 4.78 is 38.5. The SMILES string of the molecule is Cc1cc(-c2ccc(C(F)(F)F)cc2)nc(-c2cccc(-c3cnc(N)nc3)c2)n1. The van der Waals surface area contributed by atoms with Gasteiger partial charge in [0, 0.05) is 34.8 Å². The summed E-state index contributed by atoms with van der Waals surface area (Å²) in [5.41, 5.74) is 9.11. The number of aryl methyl sites for hydroxylation is 1. The molecule has 30 heavy (non-hydrogen) atoms. The molecule has 2 aromatic heterocycles. The number of anilines is 1. The van der Waals surface area contributed by atoms with Gasteiger partial charge in [-0.1, -0.05) is 30.3 Å². The van der Waals surface area contributed by atoms with Gasteiger partial charge in [-0.25, -0.2) is 19.9 Å². The van der Waals surface area contributed by atoms with Gasteiger partial charge in [-0.05, 0) is 36.8 Å². The van der Waals surface area contributed by atoms with Crippen LogP contribution in [0.2, 0.25) is 0 Å². The van der Waals surface area contributed by atoms with E-state index in [-0.39, 0.29) is 5.95 Å². The Morgan fingerprint density at radius 1 is 0.767 bits per heavy atom. The molecule has 0 aliphatic rings. The summed E-state index contributed by atoms with van der Waals surface area (Å²) in [4.78, 5) is 17.1. The van der Waals surface area contributed by atoms with Gasteiger partial charge in [0.05, 0.1) is 11.3 Å². The van der Waals surface area contributed by atoms with Crippen LogP contribution in [0.5, 0.6) is 0 Å². The van der Waals surface area contributed by atoms with Crippen LogP contribution >= 0.6 is 0 Å². The number of halogens is 3. The lowest BCUT2D eigenvalue weighted by Gasteiger charge is -2.10. The number of nitrogens with zero attached hydrogens (tertiary/aromatic N) is 4. The molecule has 0 aliphatic heterocycles. The molecule has 2 N–H and O–H groups in total. The lowest BCUT2D eigenvalue weighted by molar-refractivity contribution is -0.137. The molecule has 5 nitrogen and oxygen atoms in total. The van der Waals surface area contributed by atoms with E-state index in [9.17, 15) is 13.2 Å². The van der Waals surface area contributed by atoms with Crippen LogP contribution in [0, 0.1) is 6.92 Å². The highest BCUT2D eigenvalue weighted by Crippen LogP contribution is 2.31. The van der Waals surface area contributed by atoms with Crippen molar-refractivity contribution in [2.45, 2.75) is 13.1 Å². The molecule has 150 valence electrons. The Bertz CT molecular complexity index is 1190. The minimum absolute atomic E-state index is 0.193. The Kier molecular flexibility index (Phi) is 4.91. The molecule has 0 radical (unpaired) electrons. The van der Waals surface area contributed by atoms with Crippen molar-refractivity contribution < 1.29 is 13.2 Å². The number of rotatable bonds is 3. The maximum absolute atomic E-state index is 12.8. The first-order valence-corrected chi connectivity index (χ1v) is 9.01. The fraction of sp³-hybridized carbons (Fsp3) is 0.0909. The van der Waals surface area contributed by atoms with Crippen LogP contribution in [0.4, 0.5) is 19.1 Å². The van der Waals surface area contributed by atoms with Gasteiger partial charge in [0.2, 0.25) is 5.95 Å². The van der Waals surface area contributed by atoms with Crippen LogP contribution in [0.25, 0.3) is 33.8 Å². The first kappa shape index (κ1) is 19.5. The monoisotopic (exact) mass is 407 g/mol. The zero-order chi connectivity index (χ0) is 21.3. The Balaban J connectivity index is 1.72. The molecule has 0 aliphatic carbocycles. The molecule has 0 fully saturated rings. The number of nitrogens with two attached hydrogens (primary N) is 1. The normalized spacial score (nSPS) is 11.5. The molecule has 0 unspecified atom stereocenters. The zero-order valence-corrected chi connectivity index (χ0v) is 15.9. The van der Waals surface area contributed by atoms with Crippen LogP contribution in [0.3, 0.4) is 0 Å². The van der Waals surface area contributed by atoms with E-state index in [1.165, 1.54) is 12.1 Å². The first-order valence-electron chi connectivity index (χ1n) is 9.01. The zero-order valence-electron chi connectivity index (χ0n) is 15.9. The number of alkyl halides is 3. The van der Waals surface area contributed by atoms with Crippen LogP contribution in [-0.2, 0) is 6.18 Å². The van der Waals surface area contributed by atoms with E-state index in [1.54, 1.807) is 18.5 Å². The highest BCUT2D eigenvalue weighted by atomic mass is 19.4. The van der Waals surface area contributed by atoms with Crippen molar-refractivity contribution in [3.63, 3.8) is 0 Å². The third kappa shape index (κ3) is 4.12. The van der Waals surface area contributed by atoms with Gasteiger partial charge in [0.15, 0.2) is 5.82 Å². The highest BCUT2D eigenvalue weighted by Gasteiger charge is 2.30. The summed E-state index contributed by atoms with van der Waals surface area (Å²) in [6, 6.07) is 14.2. The van der Waals surface area contributed by atoms with Crippen molar-refractivity contribution in [3.8, 4) is 33.8 Å². The largest absolute Gasteiger partial charge is 0.416 e. The van der Waals surface area contributed by atoms with Crippen LogP contribution in [0.1, 0.15) is 11.3 Å². The van der Waals surface area contributed by atoms with E-state index in [1.807, 2.05) is 31.2 Å². The third-order valence-corrected chi connectivity index (χ3v) is 4.49. The van der Waals surface area contributed by atoms with Gasteiger partial charge < -0.3 is 5.73 Å². The minimum atomic E-state index is -4.38. The van der Waals surface area contributed by atoms with Crippen molar-refractivity contribution in [3.05, 3.63) is 78.2 Å². The quantitative estimate of drug-likeness (QED) is 0.507. The van der Waals surface area contributed by atoms with Crippen LogP contribution in [0.15, 0.2) is 67.0 Å². The molecular formula is C22H16F3N5. The minimum Gasteiger partial charge on any atom is -0.368 e. The maximum Gasteiger partial charge on any atom is 0.416 e. The van der Waals surface area contributed by atoms with E-state index in [0.717, 1.165) is 28.8 Å². The molecule has 0 saturated carbocycles. The molecule has 0 amide bonds. The smallest absolute Gasteiger partial charge is 0.368 e. The fourth-order valence-corrected chi connectivity index (χ4v) is 3.00. The Morgan fingerprint density at radius 3 is 2.10 bits per heavy atom. The van der Waals surface area contributed by atoms with Crippen molar-refractivity contribution >= 4 is 5.95 Å². The average molecular weight is 407 g/mol. The molecule has 2 heterocycles. The van der Waals surface area contributed by atoms with E-state index >= 15 is 0 Å². The molecule has 0 bridgehead atoms. The number of nitrogen functional groups attached to an aromatic ring is 1. The summed E-state index contributed by atoms with van der Waals surface area (Å²) in [6.45, 7) is 1.82. The Hall–Kier alpha value is -3.81. The molecular weight excluding hydrogens is 391 g/mol. The number of hydrogen-bond donors (Lipinski definition) is 1. The number of aromatic nitrogens is 4. The molecule has 0 spiro atoms. The van der Waals surface area contributed by atoms with E-state index in [0.29, 0.717) is 22.8 Å². The summed E-state index contributed by atoms with van der Waals surface area (Å²) >= 11 is 0. The van der Waals surface area contributed by atoms with E-state index in [2.05, 4.69) is 19.9 Å². The Labute approximate surface area is 170 Å². The van der Waals surface area contributed by atoms with E-state index < -0.39 is 11.7 Å². The van der Waals surface area contributed by atoms with Gasteiger partial charge in [0.1, 0.15) is 0 Å². The Morgan fingerprint density at radius 2 is 1.43 bits per heavy atom. The van der Waals surface area contributed by atoms with Gasteiger partial charge in [-0.15, -0.1) is 0 Å². The predicted molar refractivity (Wildman–Crippen MR) is 108 cm³/mol. The van der Waals surface area contributed by atoms with Crippen LogP contribution in [-0.4, -0.2) is 19.9 Å². The predicted octanol–water partition coefficient (Wildman–Crippen LogP) is 5.18. The van der Waals surface area contributed by atoms with Crippen molar-refractivity contribution in [2.75, 3.05) is 5.73 Å². The second-order valence-electron chi connectivity index (χ2n) is 6.70. The highest BCUT2D eigenvalue weighted by molar-refractivity contribution is 5.71. The third-order valence-electron chi connectivity index (χ3n) is 4.49. The van der Waals surface area contributed by atoms with E-state index in [4.69, 9.17) is 5.73 Å². The molecule has 0 atom stereocenters. The molecule has 2 aromatic carbocycles. The molecule has 0 saturated heterocycles. The van der Waals surface area contributed by atoms with Gasteiger partial charge in [-0.3, -0.25) is 0 Å². The molecule has 4 rings (SSSR count). The van der Waals surface area contributed by atoms with Crippen LogP contribution < -0.4 is 5.73 Å². The number of hydrogen-bond acceptors (Lipinski definition) is 5. The van der Waals surface area contributed by atoms with Crippen molar-refractivity contribution in [1.82, 2.24) is 19.9 Å². The maximum atomic E-state index is 12.8. The number of benzene rings is 2. The molecule has 4 aromatic rings. The lowest BCUT2D eigenvalue weighted by atomic mass is 10.0. The summed E-state index contributed by atoms with van der Waals surface area (Å²) in [7, 11) is 0. The van der Waals surface area contributed by atoms with Gasteiger partial charge >= 0.3 is 6.18 Å². The molecule has 8 heteroatoms. The van der Waals surface area contributed by atoms with Gasteiger partial charge in [-0.2, -0.15) is 13.2 Å². The standard InChI is InChI=1S/C22H16F3N5/c1-13-9-19(14-5-7-18(8-6-14)22(23,24)25)30-20(29-13)16-4-2-3-15(10-16)17-11-27-21(26)28-12-17/h2-12H,1H3,(H2,26,27,28). The van der Waals surface area contributed by atoms with Crippen molar-refractivity contribution in [2.24, 2.45) is 0 Å². The summed E-state index contributed by atoms with van der Waals surface area (Å²) in [5.74, 6) is 0.668.